The van der Waals surface area contributed by atoms with E-state index < -0.39 is 17.5 Å². The van der Waals surface area contributed by atoms with Crippen LogP contribution in [-0.4, -0.2) is 18.2 Å². The third-order valence-electron chi connectivity index (χ3n) is 3.23. The van der Waals surface area contributed by atoms with E-state index in [1.165, 1.54) is 7.11 Å². The lowest BCUT2D eigenvalue weighted by molar-refractivity contribution is -0.159. The van der Waals surface area contributed by atoms with Crippen molar-refractivity contribution in [1.82, 2.24) is 0 Å². The molecule has 1 rings (SSSR count). The van der Waals surface area contributed by atoms with Gasteiger partial charge in [0.05, 0.1) is 23.1 Å². The van der Waals surface area contributed by atoms with Crippen molar-refractivity contribution in [3.63, 3.8) is 0 Å². The van der Waals surface area contributed by atoms with E-state index in [0.29, 0.717) is 15.6 Å². The van der Waals surface area contributed by atoms with Crippen LogP contribution in [0, 0.1) is 11.8 Å². The summed E-state index contributed by atoms with van der Waals surface area (Å²) >= 11 is 11.8. The van der Waals surface area contributed by atoms with Gasteiger partial charge in [-0.3, -0.25) is 4.79 Å². The second-order valence-corrected chi connectivity index (χ2v) is 5.84. The zero-order valence-corrected chi connectivity index (χ0v) is 12.9. The Kier molecular flexibility index (Phi) is 5.25. The minimum Gasteiger partial charge on any atom is -0.469 e. The molecule has 0 aliphatic heterocycles. The van der Waals surface area contributed by atoms with E-state index in [1.807, 2.05) is 13.8 Å². The molecule has 0 heterocycles. The van der Waals surface area contributed by atoms with Gasteiger partial charge in [0.15, 0.2) is 0 Å². The maximum Gasteiger partial charge on any atom is 0.312 e. The van der Waals surface area contributed by atoms with Crippen molar-refractivity contribution in [2.75, 3.05) is 7.11 Å². The molecule has 0 saturated heterocycles. The van der Waals surface area contributed by atoms with E-state index in [9.17, 15) is 9.90 Å². The Balaban J connectivity index is 3.25. The molecule has 1 aromatic rings. The number of methoxy groups -OCH3 is 1. The molecule has 0 aliphatic carbocycles. The number of carbonyl (C=O) groups excluding carboxylic acids is 1. The molecule has 19 heavy (non-hydrogen) atoms. The van der Waals surface area contributed by atoms with Crippen LogP contribution in [-0.2, 0) is 15.1 Å². The standard InChI is InChI=1S/C14H18Cl2O3/c1-8(2)12(13(17)19-4)14(3,18)9-5-6-10(15)11(16)7-9/h5-8,12,18H,1-4H3. The molecule has 0 fully saturated rings. The maximum absolute atomic E-state index is 11.9. The lowest BCUT2D eigenvalue weighted by atomic mass is 9.76. The van der Waals surface area contributed by atoms with Gasteiger partial charge >= 0.3 is 5.97 Å². The lowest BCUT2D eigenvalue weighted by Crippen LogP contribution is -2.41. The number of esters is 1. The molecule has 1 aromatic carbocycles. The van der Waals surface area contributed by atoms with E-state index in [0.717, 1.165) is 0 Å². The van der Waals surface area contributed by atoms with Crippen LogP contribution in [0.1, 0.15) is 26.3 Å². The van der Waals surface area contributed by atoms with Gasteiger partial charge in [0.25, 0.3) is 0 Å². The number of rotatable bonds is 4. The van der Waals surface area contributed by atoms with Gasteiger partial charge in [-0.25, -0.2) is 0 Å². The third-order valence-corrected chi connectivity index (χ3v) is 3.97. The average Bonchev–Trinajstić information content (AvgIpc) is 2.31. The van der Waals surface area contributed by atoms with Crippen LogP contribution in [0.15, 0.2) is 18.2 Å². The number of halogens is 2. The van der Waals surface area contributed by atoms with Crippen LogP contribution in [0.2, 0.25) is 10.0 Å². The van der Waals surface area contributed by atoms with E-state index in [4.69, 9.17) is 27.9 Å². The van der Waals surface area contributed by atoms with Gasteiger partial charge in [-0.15, -0.1) is 0 Å². The minimum absolute atomic E-state index is 0.0862. The lowest BCUT2D eigenvalue weighted by Gasteiger charge is -2.34. The van der Waals surface area contributed by atoms with Gasteiger partial charge in [0.2, 0.25) is 0 Å². The highest BCUT2D eigenvalue weighted by atomic mass is 35.5. The molecule has 106 valence electrons. The van der Waals surface area contributed by atoms with Gasteiger partial charge in [-0.1, -0.05) is 43.1 Å². The molecule has 0 radical (unpaired) electrons. The fraction of sp³-hybridized carbons (Fsp3) is 0.500. The van der Waals surface area contributed by atoms with Crippen molar-refractivity contribution in [2.45, 2.75) is 26.4 Å². The van der Waals surface area contributed by atoms with Crippen molar-refractivity contribution in [1.29, 1.82) is 0 Å². The number of ether oxygens (including phenoxy) is 1. The summed E-state index contributed by atoms with van der Waals surface area (Å²) in [6, 6.07) is 4.83. The zero-order valence-electron chi connectivity index (χ0n) is 11.4. The normalized spacial score (nSPS) is 16.0. The summed E-state index contributed by atoms with van der Waals surface area (Å²) < 4.78 is 4.78. The highest BCUT2D eigenvalue weighted by Crippen LogP contribution is 2.37. The number of benzene rings is 1. The Labute approximate surface area is 123 Å². The predicted octanol–water partition coefficient (Wildman–Crippen LogP) is 3.65. The van der Waals surface area contributed by atoms with Crippen molar-refractivity contribution < 1.29 is 14.6 Å². The van der Waals surface area contributed by atoms with Gasteiger partial charge < -0.3 is 9.84 Å². The third kappa shape index (κ3) is 3.41. The van der Waals surface area contributed by atoms with Crippen LogP contribution < -0.4 is 0 Å². The van der Waals surface area contributed by atoms with Gasteiger partial charge in [-0.05, 0) is 30.5 Å². The molecule has 2 unspecified atom stereocenters. The van der Waals surface area contributed by atoms with Crippen LogP contribution in [0.25, 0.3) is 0 Å². The van der Waals surface area contributed by atoms with E-state index >= 15 is 0 Å². The molecule has 0 spiro atoms. The summed E-state index contributed by atoms with van der Waals surface area (Å²) in [5, 5.41) is 11.5. The summed E-state index contributed by atoms with van der Waals surface area (Å²) in [6.07, 6.45) is 0. The smallest absolute Gasteiger partial charge is 0.312 e. The molecule has 1 N–H and O–H groups in total. The fourth-order valence-corrected chi connectivity index (χ4v) is 2.57. The summed E-state index contributed by atoms with van der Waals surface area (Å²) in [6.45, 7) is 5.29. The number of hydrogen-bond acceptors (Lipinski definition) is 3. The minimum atomic E-state index is -1.38. The van der Waals surface area contributed by atoms with Crippen molar-refractivity contribution in [3.05, 3.63) is 33.8 Å². The molecule has 0 saturated carbocycles. The quantitative estimate of drug-likeness (QED) is 0.864. The molecule has 0 aromatic heterocycles. The van der Waals surface area contributed by atoms with Gasteiger partial charge in [-0.2, -0.15) is 0 Å². The molecular weight excluding hydrogens is 287 g/mol. The van der Waals surface area contributed by atoms with E-state index in [-0.39, 0.29) is 5.92 Å². The topological polar surface area (TPSA) is 46.5 Å². The molecule has 0 amide bonds. The highest BCUT2D eigenvalue weighted by molar-refractivity contribution is 6.42. The SMILES string of the molecule is COC(=O)C(C(C)C)C(C)(O)c1ccc(Cl)c(Cl)c1. The first-order chi connectivity index (χ1) is 8.71. The zero-order chi connectivity index (χ0) is 14.8. The molecule has 5 heteroatoms. The second kappa shape index (κ2) is 6.12. The Bertz CT molecular complexity index is 470. The Morgan fingerprint density at radius 3 is 2.32 bits per heavy atom. The molecule has 0 bridgehead atoms. The summed E-state index contributed by atoms with van der Waals surface area (Å²) in [5.41, 5.74) is -0.846. The van der Waals surface area contributed by atoms with E-state index in [1.54, 1.807) is 25.1 Å². The first kappa shape index (κ1) is 16.3. The number of carbonyl (C=O) groups is 1. The van der Waals surface area contributed by atoms with Crippen molar-refractivity contribution in [3.8, 4) is 0 Å². The summed E-state index contributed by atoms with van der Waals surface area (Å²) in [4.78, 5) is 11.9. The van der Waals surface area contributed by atoms with Crippen molar-refractivity contribution in [2.24, 2.45) is 11.8 Å². The molecular formula is C14H18Cl2O3. The maximum atomic E-state index is 11.9. The average molecular weight is 305 g/mol. The number of hydrogen-bond donors (Lipinski definition) is 1. The highest BCUT2D eigenvalue weighted by Gasteiger charge is 2.41. The fourth-order valence-electron chi connectivity index (χ4n) is 2.27. The second-order valence-electron chi connectivity index (χ2n) is 5.02. The van der Waals surface area contributed by atoms with Crippen LogP contribution in [0.4, 0.5) is 0 Å². The molecule has 3 nitrogen and oxygen atoms in total. The Morgan fingerprint density at radius 2 is 1.89 bits per heavy atom. The van der Waals surface area contributed by atoms with Gasteiger partial charge in [0.1, 0.15) is 5.60 Å². The summed E-state index contributed by atoms with van der Waals surface area (Å²) in [7, 11) is 1.31. The van der Waals surface area contributed by atoms with Crippen LogP contribution in [0.3, 0.4) is 0 Å². The van der Waals surface area contributed by atoms with Crippen LogP contribution in [0.5, 0.6) is 0 Å². The molecule has 2 atom stereocenters. The van der Waals surface area contributed by atoms with Gasteiger partial charge in [0, 0.05) is 0 Å². The first-order valence-electron chi connectivity index (χ1n) is 5.97. The summed E-state index contributed by atoms with van der Waals surface area (Å²) in [5.74, 6) is -1.22. The Morgan fingerprint density at radius 1 is 1.32 bits per heavy atom. The molecule has 0 aliphatic rings. The largest absolute Gasteiger partial charge is 0.469 e. The van der Waals surface area contributed by atoms with E-state index in [2.05, 4.69) is 0 Å². The monoisotopic (exact) mass is 304 g/mol. The first-order valence-corrected chi connectivity index (χ1v) is 6.73. The van der Waals surface area contributed by atoms with Crippen molar-refractivity contribution >= 4 is 29.2 Å². The number of aliphatic hydroxyl groups is 1. The Hall–Kier alpha value is -0.770. The predicted molar refractivity (Wildman–Crippen MR) is 76.4 cm³/mol. The van der Waals surface area contributed by atoms with Crippen LogP contribution >= 0.6 is 23.2 Å².